The number of rotatable bonds is 8. The van der Waals surface area contributed by atoms with Gasteiger partial charge < -0.3 is 14.5 Å². The molecule has 0 aliphatic rings. The largest absolute Gasteiger partial charge is 0.467 e. The van der Waals surface area contributed by atoms with Crippen LogP contribution in [0.2, 0.25) is 5.02 Å². The van der Waals surface area contributed by atoms with E-state index in [1.807, 2.05) is 30.3 Å². The molecule has 0 spiro atoms. The zero-order chi connectivity index (χ0) is 14.2. The average Bonchev–Trinajstić information content (AvgIpc) is 2.93. The SMILES string of the molecule is Clc1cc(Br)ccc1CNCCCOCc1ccco1. The zero-order valence-electron chi connectivity index (χ0n) is 11.1. The highest BCUT2D eigenvalue weighted by Crippen LogP contribution is 2.21. The molecule has 0 radical (unpaired) electrons. The second-order valence-electron chi connectivity index (χ2n) is 4.40. The number of hydrogen-bond donors (Lipinski definition) is 1. The summed E-state index contributed by atoms with van der Waals surface area (Å²) in [6.45, 7) is 2.90. The highest BCUT2D eigenvalue weighted by molar-refractivity contribution is 9.10. The fourth-order valence-corrected chi connectivity index (χ4v) is 2.50. The van der Waals surface area contributed by atoms with Crippen LogP contribution in [0.3, 0.4) is 0 Å². The van der Waals surface area contributed by atoms with Crippen LogP contribution >= 0.6 is 27.5 Å². The Balaban J connectivity index is 1.55. The van der Waals surface area contributed by atoms with Crippen LogP contribution in [0.5, 0.6) is 0 Å². The topological polar surface area (TPSA) is 34.4 Å². The minimum Gasteiger partial charge on any atom is -0.467 e. The van der Waals surface area contributed by atoms with Crippen molar-refractivity contribution in [2.75, 3.05) is 13.2 Å². The number of ether oxygens (including phenoxy) is 1. The van der Waals surface area contributed by atoms with Gasteiger partial charge >= 0.3 is 0 Å². The lowest BCUT2D eigenvalue weighted by Gasteiger charge is -2.07. The van der Waals surface area contributed by atoms with Gasteiger partial charge in [0.05, 0.1) is 6.26 Å². The third-order valence-corrected chi connectivity index (χ3v) is 3.64. The Morgan fingerprint density at radius 3 is 2.95 bits per heavy atom. The van der Waals surface area contributed by atoms with Gasteiger partial charge in [-0.1, -0.05) is 33.6 Å². The number of furan rings is 1. The Morgan fingerprint density at radius 2 is 2.20 bits per heavy atom. The molecule has 1 aromatic heterocycles. The number of halogens is 2. The monoisotopic (exact) mass is 357 g/mol. The molecule has 1 aromatic carbocycles. The third-order valence-electron chi connectivity index (χ3n) is 2.80. The summed E-state index contributed by atoms with van der Waals surface area (Å²) >= 11 is 9.54. The first kappa shape index (κ1) is 15.6. The van der Waals surface area contributed by atoms with E-state index in [0.717, 1.165) is 40.3 Å². The minimum atomic E-state index is 0.533. The average molecular weight is 359 g/mol. The van der Waals surface area contributed by atoms with Crippen molar-refractivity contribution < 1.29 is 9.15 Å². The summed E-state index contributed by atoms with van der Waals surface area (Å²) in [6.07, 6.45) is 2.61. The summed E-state index contributed by atoms with van der Waals surface area (Å²) in [5.41, 5.74) is 1.10. The molecule has 0 fully saturated rings. The summed E-state index contributed by atoms with van der Waals surface area (Å²) in [7, 11) is 0. The Labute approximate surface area is 132 Å². The predicted octanol–water partition coefficient (Wildman–Crippen LogP) is 4.39. The van der Waals surface area contributed by atoms with Crippen LogP contribution in [0, 0.1) is 0 Å². The summed E-state index contributed by atoms with van der Waals surface area (Å²) < 4.78 is 11.7. The van der Waals surface area contributed by atoms with Gasteiger partial charge in [0.2, 0.25) is 0 Å². The fourth-order valence-electron chi connectivity index (χ4n) is 1.75. The van der Waals surface area contributed by atoms with Gasteiger partial charge in [-0.2, -0.15) is 0 Å². The smallest absolute Gasteiger partial charge is 0.129 e. The first-order chi connectivity index (χ1) is 9.75. The van der Waals surface area contributed by atoms with E-state index in [0.29, 0.717) is 13.2 Å². The maximum Gasteiger partial charge on any atom is 0.129 e. The zero-order valence-corrected chi connectivity index (χ0v) is 13.4. The Morgan fingerprint density at radius 1 is 1.30 bits per heavy atom. The van der Waals surface area contributed by atoms with E-state index in [1.54, 1.807) is 6.26 Å². The van der Waals surface area contributed by atoms with E-state index >= 15 is 0 Å². The predicted molar refractivity (Wildman–Crippen MR) is 83.8 cm³/mol. The lowest BCUT2D eigenvalue weighted by Crippen LogP contribution is -2.16. The second-order valence-corrected chi connectivity index (χ2v) is 5.72. The van der Waals surface area contributed by atoms with Crippen molar-refractivity contribution in [3.05, 3.63) is 57.4 Å². The van der Waals surface area contributed by atoms with E-state index in [1.165, 1.54) is 0 Å². The number of hydrogen-bond acceptors (Lipinski definition) is 3. The molecule has 20 heavy (non-hydrogen) atoms. The normalized spacial score (nSPS) is 10.9. The molecule has 0 atom stereocenters. The third kappa shape index (κ3) is 5.29. The van der Waals surface area contributed by atoms with Gasteiger partial charge in [0.1, 0.15) is 12.4 Å². The molecule has 2 rings (SSSR count). The molecule has 1 N–H and O–H groups in total. The van der Waals surface area contributed by atoms with Gasteiger partial charge in [0.25, 0.3) is 0 Å². The molecule has 5 heteroatoms. The summed E-state index contributed by atoms with van der Waals surface area (Å²) in [4.78, 5) is 0. The molecule has 0 unspecified atom stereocenters. The molecule has 108 valence electrons. The van der Waals surface area contributed by atoms with Crippen molar-refractivity contribution in [3.8, 4) is 0 Å². The molecule has 0 saturated carbocycles. The van der Waals surface area contributed by atoms with Crippen molar-refractivity contribution in [1.29, 1.82) is 0 Å². The highest BCUT2D eigenvalue weighted by Gasteiger charge is 2.00. The number of benzene rings is 1. The fraction of sp³-hybridized carbons (Fsp3) is 0.333. The van der Waals surface area contributed by atoms with E-state index in [2.05, 4.69) is 21.2 Å². The van der Waals surface area contributed by atoms with Crippen LogP contribution in [0.15, 0.2) is 45.5 Å². The van der Waals surface area contributed by atoms with Crippen LogP contribution in [0.25, 0.3) is 0 Å². The molecule has 2 aromatic rings. The molecule has 0 bridgehead atoms. The highest BCUT2D eigenvalue weighted by atomic mass is 79.9. The lowest BCUT2D eigenvalue weighted by atomic mass is 10.2. The molecule has 1 heterocycles. The van der Waals surface area contributed by atoms with E-state index in [9.17, 15) is 0 Å². The van der Waals surface area contributed by atoms with Crippen molar-refractivity contribution >= 4 is 27.5 Å². The number of nitrogens with one attached hydrogen (secondary N) is 1. The maximum atomic E-state index is 6.14. The molecular formula is C15H17BrClNO2. The molecule has 3 nitrogen and oxygen atoms in total. The molecule has 0 aliphatic heterocycles. The van der Waals surface area contributed by atoms with Gasteiger partial charge in [-0.25, -0.2) is 0 Å². The van der Waals surface area contributed by atoms with Crippen molar-refractivity contribution in [2.45, 2.75) is 19.6 Å². The second kappa shape index (κ2) is 8.47. The Bertz CT molecular complexity index is 517. The maximum absolute atomic E-state index is 6.14. The van der Waals surface area contributed by atoms with Gasteiger partial charge in [0, 0.05) is 22.6 Å². The van der Waals surface area contributed by atoms with Crippen LogP contribution in [-0.4, -0.2) is 13.2 Å². The molecule has 0 saturated heterocycles. The van der Waals surface area contributed by atoms with Crippen LogP contribution in [-0.2, 0) is 17.9 Å². The Hall–Kier alpha value is -0.810. The van der Waals surface area contributed by atoms with Crippen molar-refractivity contribution in [3.63, 3.8) is 0 Å². The van der Waals surface area contributed by atoms with Crippen LogP contribution < -0.4 is 5.32 Å². The Kier molecular flexibility index (Phi) is 6.60. The van der Waals surface area contributed by atoms with E-state index in [-0.39, 0.29) is 0 Å². The van der Waals surface area contributed by atoms with E-state index in [4.69, 9.17) is 20.8 Å². The van der Waals surface area contributed by atoms with Gasteiger partial charge in [-0.15, -0.1) is 0 Å². The molecule has 0 amide bonds. The first-order valence-electron chi connectivity index (χ1n) is 6.50. The minimum absolute atomic E-state index is 0.533. The van der Waals surface area contributed by atoms with Gasteiger partial charge in [0.15, 0.2) is 0 Å². The van der Waals surface area contributed by atoms with Crippen molar-refractivity contribution in [2.24, 2.45) is 0 Å². The first-order valence-corrected chi connectivity index (χ1v) is 7.67. The summed E-state index contributed by atoms with van der Waals surface area (Å²) in [5.74, 6) is 0.861. The standard InChI is InChI=1S/C15H17BrClNO2/c16-13-5-4-12(15(17)9-13)10-18-6-2-7-19-11-14-3-1-8-20-14/h1,3-5,8-9,18H,2,6-7,10-11H2. The van der Waals surface area contributed by atoms with E-state index < -0.39 is 0 Å². The molecule has 0 aliphatic carbocycles. The lowest BCUT2D eigenvalue weighted by molar-refractivity contribution is 0.104. The molecular weight excluding hydrogens is 342 g/mol. The van der Waals surface area contributed by atoms with Gasteiger partial charge in [-0.3, -0.25) is 0 Å². The summed E-state index contributed by atoms with van der Waals surface area (Å²) in [6, 6.07) is 9.70. The van der Waals surface area contributed by atoms with Crippen LogP contribution in [0.1, 0.15) is 17.7 Å². The summed E-state index contributed by atoms with van der Waals surface area (Å²) in [5, 5.41) is 4.13. The van der Waals surface area contributed by atoms with Crippen molar-refractivity contribution in [1.82, 2.24) is 5.32 Å². The van der Waals surface area contributed by atoms with Gasteiger partial charge in [-0.05, 0) is 42.8 Å². The van der Waals surface area contributed by atoms with Crippen LogP contribution in [0.4, 0.5) is 0 Å². The quantitative estimate of drug-likeness (QED) is 0.711.